The fourth-order valence-electron chi connectivity index (χ4n) is 0.626. The van der Waals surface area contributed by atoms with Crippen molar-refractivity contribution in [3.63, 3.8) is 0 Å². The summed E-state index contributed by atoms with van der Waals surface area (Å²) in [5.41, 5.74) is 1.45. The Balaban J connectivity index is 3.25. The Hall–Kier alpha value is -1.05. The van der Waals surface area contributed by atoms with Crippen LogP contribution in [-0.4, -0.2) is 0 Å². The summed E-state index contributed by atoms with van der Waals surface area (Å²) in [5.74, 6) is 0. The van der Waals surface area contributed by atoms with E-state index in [4.69, 9.17) is 0 Å². The molecule has 0 aliphatic carbocycles. The van der Waals surface area contributed by atoms with E-state index in [0.29, 0.717) is 5.69 Å². The van der Waals surface area contributed by atoms with Gasteiger partial charge in [-0.15, -0.1) is 0 Å². The predicted octanol–water partition coefficient (Wildman–Crippen LogP) is 0.811. The minimum atomic E-state index is 0.525. The summed E-state index contributed by atoms with van der Waals surface area (Å²) in [6.45, 7) is 5.43. The van der Waals surface area contributed by atoms with E-state index >= 15 is 0 Å². The zero-order chi connectivity index (χ0) is 6.85. The summed E-state index contributed by atoms with van der Waals surface area (Å²) < 4.78 is 0.759. The van der Waals surface area contributed by atoms with Crippen molar-refractivity contribution in [3.05, 3.63) is 41.7 Å². The minimum Gasteiger partial charge on any atom is -0.618 e. The topological polar surface area (TPSA) is 26.9 Å². The summed E-state index contributed by atoms with van der Waals surface area (Å²) in [5, 5.41) is 10.7. The summed E-state index contributed by atoms with van der Waals surface area (Å²) in [4.78, 5) is 0. The number of hydrogen-bond acceptors (Lipinski definition) is 1. The minimum absolute atomic E-state index is 0.525. The van der Waals surface area contributed by atoms with Crippen LogP contribution in [0.25, 0.3) is 0 Å². The first kappa shape index (κ1) is 6.08. The van der Waals surface area contributed by atoms with E-state index in [1.54, 1.807) is 6.07 Å². The Kier molecular flexibility index (Phi) is 1.39. The van der Waals surface area contributed by atoms with Gasteiger partial charge in [0.1, 0.15) is 0 Å². The van der Waals surface area contributed by atoms with Gasteiger partial charge in [-0.3, -0.25) is 0 Å². The first-order chi connectivity index (χ1) is 4.22. The number of aryl methyl sites for hydroxylation is 1. The first-order valence-corrected chi connectivity index (χ1v) is 2.72. The largest absolute Gasteiger partial charge is 0.618 e. The van der Waals surface area contributed by atoms with Crippen LogP contribution in [0.2, 0.25) is 0 Å². The number of aromatic nitrogens is 1. The van der Waals surface area contributed by atoms with Crippen molar-refractivity contribution in [1.82, 2.24) is 0 Å². The summed E-state index contributed by atoms with van der Waals surface area (Å²) in [7, 11) is 0. The van der Waals surface area contributed by atoms with E-state index in [1.165, 1.54) is 6.20 Å². The summed E-state index contributed by atoms with van der Waals surface area (Å²) in [6.07, 6.45) is 1.44. The molecule has 0 fully saturated rings. The number of hydrogen-bond donors (Lipinski definition) is 0. The van der Waals surface area contributed by atoms with Crippen molar-refractivity contribution in [2.75, 3.05) is 0 Å². The van der Waals surface area contributed by atoms with Crippen LogP contribution in [0.5, 0.6) is 0 Å². The van der Waals surface area contributed by atoms with E-state index in [0.717, 1.165) is 10.3 Å². The SMILES string of the molecule is [CH2]c1c(C)ccc[n+]1[O-]. The highest BCUT2D eigenvalue weighted by Gasteiger charge is 1.98. The quantitative estimate of drug-likeness (QED) is 0.369. The molecule has 1 rings (SSSR count). The van der Waals surface area contributed by atoms with E-state index in [1.807, 2.05) is 13.0 Å². The second-order valence-electron chi connectivity index (χ2n) is 1.96. The highest BCUT2D eigenvalue weighted by Crippen LogP contribution is 1.96. The molecule has 1 aromatic heterocycles. The molecule has 0 unspecified atom stereocenters. The monoisotopic (exact) mass is 122 g/mol. The van der Waals surface area contributed by atoms with Gasteiger partial charge in [0, 0.05) is 18.6 Å². The van der Waals surface area contributed by atoms with Crippen molar-refractivity contribution >= 4 is 0 Å². The Bertz CT molecular complexity index is 200. The highest BCUT2D eigenvalue weighted by atomic mass is 16.5. The molecule has 0 saturated heterocycles. The fourth-order valence-corrected chi connectivity index (χ4v) is 0.626. The molecule has 47 valence electrons. The van der Waals surface area contributed by atoms with Crippen LogP contribution < -0.4 is 4.73 Å². The zero-order valence-corrected chi connectivity index (χ0v) is 5.29. The smallest absolute Gasteiger partial charge is 0.196 e. The third-order valence-electron chi connectivity index (χ3n) is 1.29. The van der Waals surface area contributed by atoms with Crippen LogP contribution in [0, 0.1) is 19.1 Å². The van der Waals surface area contributed by atoms with Crippen LogP contribution in [0.3, 0.4) is 0 Å². The van der Waals surface area contributed by atoms with Gasteiger partial charge in [-0.05, 0) is 13.0 Å². The first-order valence-electron chi connectivity index (χ1n) is 2.72. The van der Waals surface area contributed by atoms with E-state index in [2.05, 4.69) is 6.92 Å². The van der Waals surface area contributed by atoms with Crippen molar-refractivity contribution in [3.8, 4) is 0 Å². The van der Waals surface area contributed by atoms with Gasteiger partial charge in [-0.2, -0.15) is 4.73 Å². The summed E-state index contributed by atoms with van der Waals surface area (Å²) >= 11 is 0. The Labute approximate surface area is 54.3 Å². The maximum Gasteiger partial charge on any atom is 0.196 e. The molecular weight excluding hydrogens is 114 g/mol. The average Bonchev–Trinajstić information content (AvgIpc) is 1.83. The van der Waals surface area contributed by atoms with E-state index in [-0.39, 0.29) is 0 Å². The molecular formula is C7H8NO. The molecule has 1 aromatic rings. The zero-order valence-electron chi connectivity index (χ0n) is 5.29. The molecule has 2 nitrogen and oxygen atoms in total. The average molecular weight is 122 g/mol. The van der Waals surface area contributed by atoms with Gasteiger partial charge in [0.2, 0.25) is 0 Å². The number of nitrogens with zero attached hydrogens (tertiary/aromatic N) is 1. The Morgan fingerprint density at radius 2 is 2.33 bits per heavy atom. The molecule has 2 heteroatoms. The van der Waals surface area contributed by atoms with Crippen LogP contribution >= 0.6 is 0 Å². The van der Waals surface area contributed by atoms with E-state index < -0.39 is 0 Å². The molecule has 0 saturated carbocycles. The van der Waals surface area contributed by atoms with E-state index in [9.17, 15) is 5.21 Å². The van der Waals surface area contributed by atoms with Gasteiger partial charge in [-0.25, -0.2) is 0 Å². The molecule has 0 bridgehead atoms. The third-order valence-corrected chi connectivity index (χ3v) is 1.29. The molecule has 9 heavy (non-hydrogen) atoms. The van der Waals surface area contributed by atoms with Gasteiger partial charge >= 0.3 is 0 Å². The maximum absolute atomic E-state index is 10.7. The molecule has 0 spiro atoms. The summed E-state index contributed by atoms with van der Waals surface area (Å²) in [6, 6.07) is 3.56. The second-order valence-corrected chi connectivity index (χ2v) is 1.96. The Morgan fingerprint density at radius 3 is 2.78 bits per heavy atom. The van der Waals surface area contributed by atoms with Crippen LogP contribution in [0.4, 0.5) is 0 Å². The fraction of sp³-hybridized carbons (Fsp3) is 0.143. The van der Waals surface area contributed by atoms with Crippen LogP contribution in [0.1, 0.15) is 11.3 Å². The lowest BCUT2D eigenvalue weighted by atomic mass is 10.2. The highest BCUT2D eigenvalue weighted by molar-refractivity contribution is 5.15. The van der Waals surface area contributed by atoms with Crippen LogP contribution in [-0.2, 0) is 0 Å². The van der Waals surface area contributed by atoms with Gasteiger partial charge in [0.05, 0.1) is 0 Å². The molecule has 1 radical (unpaired) electrons. The molecule has 0 aliphatic rings. The number of rotatable bonds is 0. The molecule has 0 amide bonds. The molecule has 1 heterocycles. The van der Waals surface area contributed by atoms with Crippen molar-refractivity contribution < 1.29 is 4.73 Å². The maximum atomic E-state index is 10.7. The van der Waals surface area contributed by atoms with Crippen molar-refractivity contribution in [1.29, 1.82) is 0 Å². The van der Waals surface area contributed by atoms with Gasteiger partial charge < -0.3 is 5.21 Å². The molecule has 0 atom stereocenters. The van der Waals surface area contributed by atoms with Crippen molar-refractivity contribution in [2.24, 2.45) is 0 Å². The predicted molar refractivity (Wildman–Crippen MR) is 34.6 cm³/mol. The standard InChI is InChI=1S/C7H8NO/c1-6-4-3-5-8(9)7(6)2/h3-5H,2H2,1H3. The lowest BCUT2D eigenvalue weighted by Crippen LogP contribution is -2.29. The normalized spacial score (nSPS) is 9.56. The third kappa shape index (κ3) is 1.02. The van der Waals surface area contributed by atoms with Gasteiger partial charge in [-0.1, -0.05) is 0 Å². The lowest BCUT2D eigenvalue weighted by molar-refractivity contribution is -0.609. The second kappa shape index (κ2) is 2.05. The van der Waals surface area contributed by atoms with Gasteiger partial charge in [0.25, 0.3) is 0 Å². The molecule has 0 N–H and O–H groups in total. The van der Waals surface area contributed by atoms with Crippen LogP contribution in [0.15, 0.2) is 18.3 Å². The van der Waals surface area contributed by atoms with Gasteiger partial charge in [0.15, 0.2) is 11.9 Å². The number of pyridine rings is 1. The molecule has 0 aliphatic heterocycles. The van der Waals surface area contributed by atoms with Crippen molar-refractivity contribution in [2.45, 2.75) is 6.92 Å². The molecule has 0 aromatic carbocycles. The Morgan fingerprint density at radius 1 is 1.67 bits per heavy atom. The lowest BCUT2D eigenvalue weighted by Gasteiger charge is -1.99.